The van der Waals surface area contributed by atoms with Crippen LogP contribution in [0.25, 0.3) is 0 Å². The smallest absolute Gasteiger partial charge is 0.259 e. The predicted molar refractivity (Wildman–Crippen MR) is 93.8 cm³/mol. The number of benzene rings is 2. The van der Waals surface area contributed by atoms with Gasteiger partial charge >= 0.3 is 0 Å². The minimum Gasteiger partial charge on any atom is -0.495 e. The standard InChI is InChI=1S/C15H14Br2N2O3/c1-21-13-7-9(18)3-4-12(13)19-15(20)10-5-8(16)6-11(17)14(10)22-2/h3-7H,18H2,1-2H3,(H,19,20). The Hall–Kier alpha value is -1.73. The average molecular weight is 430 g/mol. The third-order valence-electron chi connectivity index (χ3n) is 2.93. The summed E-state index contributed by atoms with van der Waals surface area (Å²) in [5.41, 5.74) is 7.18. The summed E-state index contributed by atoms with van der Waals surface area (Å²) in [5, 5.41) is 2.79. The summed E-state index contributed by atoms with van der Waals surface area (Å²) in [7, 11) is 3.02. The van der Waals surface area contributed by atoms with Crippen molar-refractivity contribution in [3.63, 3.8) is 0 Å². The number of ether oxygens (including phenoxy) is 2. The maximum absolute atomic E-state index is 12.5. The summed E-state index contributed by atoms with van der Waals surface area (Å²) in [4.78, 5) is 12.5. The van der Waals surface area contributed by atoms with E-state index >= 15 is 0 Å². The second kappa shape index (κ2) is 7.02. The van der Waals surface area contributed by atoms with Crippen molar-refractivity contribution in [2.24, 2.45) is 0 Å². The molecule has 3 N–H and O–H groups in total. The Bertz CT molecular complexity index is 720. The Morgan fingerprint density at radius 2 is 1.86 bits per heavy atom. The van der Waals surface area contributed by atoms with Crippen LogP contribution in [0.5, 0.6) is 11.5 Å². The molecule has 5 nitrogen and oxygen atoms in total. The monoisotopic (exact) mass is 428 g/mol. The van der Waals surface area contributed by atoms with Gasteiger partial charge in [-0.05, 0) is 40.2 Å². The van der Waals surface area contributed by atoms with Gasteiger partial charge in [0.05, 0.1) is 29.9 Å². The Morgan fingerprint density at radius 3 is 2.50 bits per heavy atom. The van der Waals surface area contributed by atoms with Gasteiger partial charge in [-0.2, -0.15) is 0 Å². The van der Waals surface area contributed by atoms with E-state index in [4.69, 9.17) is 15.2 Å². The molecule has 2 aromatic carbocycles. The van der Waals surface area contributed by atoms with Crippen molar-refractivity contribution in [2.45, 2.75) is 0 Å². The van der Waals surface area contributed by atoms with E-state index in [0.717, 1.165) is 4.47 Å². The second-order valence-electron chi connectivity index (χ2n) is 4.38. The Labute approximate surface area is 145 Å². The van der Waals surface area contributed by atoms with Gasteiger partial charge < -0.3 is 20.5 Å². The molecule has 0 saturated heterocycles. The molecule has 0 radical (unpaired) electrons. The highest BCUT2D eigenvalue weighted by Crippen LogP contribution is 2.34. The lowest BCUT2D eigenvalue weighted by Crippen LogP contribution is -2.14. The number of anilines is 2. The summed E-state index contributed by atoms with van der Waals surface area (Å²) >= 11 is 6.73. The van der Waals surface area contributed by atoms with Crippen molar-refractivity contribution in [1.29, 1.82) is 0 Å². The van der Waals surface area contributed by atoms with Crippen LogP contribution in [0.15, 0.2) is 39.3 Å². The van der Waals surface area contributed by atoms with Crippen molar-refractivity contribution in [1.82, 2.24) is 0 Å². The zero-order valence-corrected chi connectivity index (χ0v) is 15.1. The maximum atomic E-state index is 12.5. The van der Waals surface area contributed by atoms with Crippen LogP contribution in [0.1, 0.15) is 10.4 Å². The number of halogens is 2. The molecule has 0 bridgehead atoms. The summed E-state index contributed by atoms with van der Waals surface area (Å²) in [6.07, 6.45) is 0. The number of nitrogens with two attached hydrogens (primary N) is 1. The number of hydrogen-bond donors (Lipinski definition) is 2. The number of hydrogen-bond acceptors (Lipinski definition) is 4. The second-order valence-corrected chi connectivity index (χ2v) is 6.15. The number of carbonyl (C=O) groups is 1. The van der Waals surface area contributed by atoms with Crippen LogP contribution in [0.4, 0.5) is 11.4 Å². The zero-order valence-electron chi connectivity index (χ0n) is 11.9. The van der Waals surface area contributed by atoms with Crippen molar-refractivity contribution >= 4 is 49.1 Å². The fourth-order valence-corrected chi connectivity index (χ4v) is 3.32. The van der Waals surface area contributed by atoms with E-state index in [1.165, 1.54) is 14.2 Å². The predicted octanol–water partition coefficient (Wildman–Crippen LogP) is 4.06. The van der Waals surface area contributed by atoms with Crippen molar-refractivity contribution in [3.05, 3.63) is 44.8 Å². The van der Waals surface area contributed by atoms with Crippen LogP contribution in [-0.2, 0) is 0 Å². The Balaban J connectivity index is 2.38. The first kappa shape index (κ1) is 16.6. The van der Waals surface area contributed by atoms with E-state index in [-0.39, 0.29) is 5.91 Å². The molecule has 7 heteroatoms. The molecule has 0 aliphatic carbocycles. The normalized spacial score (nSPS) is 10.2. The summed E-state index contributed by atoms with van der Waals surface area (Å²) < 4.78 is 11.9. The molecule has 0 aliphatic heterocycles. The first-order valence-electron chi connectivity index (χ1n) is 6.24. The number of carbonyl (C=O) groups excluding carboxylic acids is 1. The molecule has 0 saturated carbocycles. The van der Waals surface area contributed by atoms with Crippen LogP contribution < -0.4 is 20.5 Å². The summed E-state index contributed by atoms with van der Waals surface area (Å²) in [6, 6.07) is 8.50. The molecule has 2 aromatic rings. The maximum Gasteiger partial charge on any atom is 0.259 e. The summed E-state index contributed by atoms with van der Waals surface area (Å²) in [6.45, 7) is 0. The van der Waals surface area contributed by atoms with Gasteiger partial charge in [0.25, 0.3) is 5.91 Å². The molecule has 1 amide bonds. The number of amides is 1. The van der Waals surface area contributed by atoms with E-state index in [0.29, 0.717) is 32.9 Å². The van der Waals surface area contributed by atoms with E-state index < -0.39 is 0 Å². The SMILES string of the molecule is COc1cc(N)ccc1NC(=O)c1cc(Br)cc(Br)c1OC. The lowest BCUT2D eigenvalue weighted by molar-refractivity contribution is 0.102. The molecule has 2 rings (SSSR count). The topological polar surface area (TPSA) is 73.6 Å². The Morgan fingerprint density at radius 1 is 1.14 bits per heavy atom. The number of methoxy groups -OCH3 is 2. The fraction of sp³-hybridized carbons (Fsp3) is 0.133. The third-order valence-corrected chi connectivity index (χ3v) is 3.98. The highest BCUT2D eigenvalue weighted by atomic mass is 79.9. The van der Waals surface area contributed by atoms with Crippen molar-refractivity contribution in [2.75, 3.05) is 25.3 Å². The molecular formula is C15H14Br2N2O3. The zero-order chi connectivity index (χ0) is 16.3. The van der Waals surface area contributed by atoms with Crippen LogP contribution in [-0.4, -0.2) is 20.1 Å². The van der Waals surface area contributed by atoms with E-state index in [2.05, 4.69) is 37.2 Å². The van der Waals surface area contributed by atoms with Crippen molar-refractivity contribution in [3.8, 4) is 11.5 Å². The fourth-order valence-electron chi connectivity index (χ4n) is 1.94. The van der Waals surface area contributed by atoms with E-state index in [9.17, 15) is 4.79 Å². The van der Waals surface area contributed by atoms with E-state index in [1.807, 2.05) is 0 Å². The van der Waals surface area contributed by atoms with Gasteiger partial charge in [-0.1, -0.05) is 15.9 Å². The molecule has 0 heterocycles. The van der Waals surface area contributed by atoms with Gasteiger partial charge in [0, 0.05) is 16.2 Å². The first-order valence-corrected chi connectivity index (χ1v) is 7.82. The largest absolute Gasteiger partial charge is 0.495 e. The third kappa shape index (κ3) is 3.53. The highest BCUT2D eigenvalue weighted by molar-refractivity contribution is 9.11. The van der Waals surface area contributed by atoms with Gasteiger partial charge in [0.1, 0.15) is 11.5 Å². The van der Waals surface area contributed by atoms with Gasteiger partial charge in [0.15, 0.2) is 0 Å². The van der Waals surface area contributed by atoms with Crippen LogP contribution in [0.2, 0.25) is 0 Å². The van der Waals surface area contributed by atoms with Crippen LogP contribution in [0.3, 0.4) is 0 Å². The molecule has 0 fully saturated rings. The minimum atomic E-state index is -0.318. The Kier molecular flexibility index (Phi) is 5.31. The van der Waals surface area contributed by atoms with Crippen molar-refractivity contribution < 1.29 is 14.3 Å². The van der Waals surface area contributed by atoms with Gasteiger partial charge in [-0.3, -0.25) is 4.79 Å². The molecule has 116 valence electrons. The minimum absolute atomic E-state index is 0.318. The van der Waals surface area contributed by atoms with Gasteiger partial charge in [0.2, 0.25) is 0 Å². The summed E-state index contributed by atoms with van der Waals surface area (Å²) in [5.74, 6) is 0.624. The number of nitrogen functional groups attached to an aromatic ring is 1. The first-order chi connectivity index (χ1) is 10.5. The molecule has 22 heavy (non-hydrogen) atoms. The molecule has 0 unspecified atom stereocenters. The number of nitrogens with one attached hydrogen (secondary N) is 1. The van der Waals surface area contributed by atoms with E-state index in [1.54, 1.807) is 30.3 Å². The lowest BCUT2D eigenvalue weighted by atomic mass is 10.1. The molecule has 0 atom stereocenters. The molecule has 0 spiro atoms. The quantitative estimate of drug-likeness (QED) is 0.718. The highest BCUT2D eigenvalue weighted by Gasteiger charge is 2.18. The molecule has 0 aromatic heterocycles. The van der Waals surface area contributed by atoms with Gasteiger partial charge in [-0.25, -0.2) is 0 Å². The van der Waals surface area contributed by atoms with Crippen LogP contribution in [0, 0.1) is 0 Å². The van der Waals surface area contributed by atoms with Gasteiger partial charge in [-0.15, -0.1) is 0 Å². The average Bonchev–Trinajstić information content (AvgIpc) is 2.48. The number of rotatable bonds is 4. The molecule has 0 aliphatic rings. The lowest BCUT2D eigenvalue weighted by Gasteiger charge is -2.14. The van der Waals surface area contributed by atoms with Crippen LogP contribution >= 0.6 is 31.9 Å². The molecular weight excluding hydrogens is 416 g/mol.